The Hall–Kier alpha value is -1.46. The Morgan fingerprint density at radius 3 is 2.32 bits per heavy atom. The van der Waals surface area contributed by atoms with Crippen LogP contribution in [-0.4, -0.2) is 8.42 Å². The Bertz CT molecular complexity index is 881. The number of hydrogen-bond acceptors (Lipinski definition) is 2. The molecule has 0 heterocycles. The van der Waals surface area contributed by atoms with E-state index >= 15 is 0 Å². The monoisotopic (exact) mass is 380 g/mol. The van der Waals surface area contributed by atoms with Crippen LogP contribution in [0.25, 0.3) is 4.91 Å². The first-order valence-electron chi connectivity index (χ1n) is 6.76. The van der Waals surface area contributed by atoms with Crippen LogP contribution in [0.15, 0.2) is 57.9 Å². The summed E-state index contributed by atoms with van der Waals surface area (Å²) in [7, 11) is -3.67. The van der Waals surface area contributed by atoms with Crippen molar-refractivity contribution < 1.29 is 12.8 Å². The highest BCUT2D eigenvalue weighted by Crippen LogP contribution is 2.45. The molecule has 2 aromatic rings. The van der Waals surface area contributed by atoms with Crippen molar-refractivity contribution >= 4 is 30.7 Å². The summed E-state index contributed by atoms with van der Waals surface area (Å²) < 4.78 is 39.7. The van der Waals surface area contributed by atoms with Gasteiger partial charge in [-0.25, -0.2) is 12.8 Å². The molecule has 2 aromatic carbocycles. The van der Waals surface area contributed by atoms with Gasteiger partial charge in [-0.2, -0.15) is 0 Å². The summed E-state index contributed by atoms with van der Waals surface area (Å²) in [6.07, 6.45) is 1.77. The molecule has 0 bridgehead atoms. The van der Waals surface area contributed by atoms with Crippen molar-refractivity contribution in [3.05, 3.63) is 70.0 Å². The molecule has 0 saturated carbocycles. The molecule has 0 N–H and O–H groups in total. The molecule has 0 saturated heterocycles. The quantitative estimate of drug-likeness (QED) is 0.707. The minimum atomic E-state index is -3.67. The van der Waals surface area contributed by atoms with Crippen LogP contribution < -0.4 is 0 Å². The average Bonchev–Trinajstić information content (AvgIpc) is 2.72. The van der Waals surface area contributed by atoms with Crippen LogP contribution in [0.4, 0.5) is 4.39 Å². The molecule has 5 heteroatoms. The van der Waals surface area contributed by atoms with Gasteiger partial charge in [0.1, 0.15) is 5.82 Å². The van der Waals surface area contributed by atoms with E-state index in [0.29, 0.717) is 5.56 Å². The van der Waals surface area contributed by atoms with E-state index in [9.17, 15) is 12.8 Å². The molecule has 2 nitrogen and oxygen atoms in total. The lowest BCUT2D eigenvalue weighted by molar-refractivity contribution is 0.604. The van der Waals surface area contributed by atoms with Crippen molar-refractivity contribution in [3.8, 4) is 0 Å². The van der Waals surface area contributed by atoms with Gasteiger partial charge in [0.25, 0.3) is 0 Å². The van der Waals surface area contributed by atoms with Crippen LogP contribution in [-0.2, 0) is 15.3 Å². The maximum absolute atomic E-state index is 13.0. The fourth-order valence-electron chi connectivity index (χ4n) is 2.71. The number of rotatable bonds is 2. The molecule has 0 amide bonds. The van der Waals surface area contributed by atoms with Gasteiger partial charge >= 0.3 is 0 Å². The molecule has 0 unspecified atom stereocenters. The lowest BCUT2D eigenvalue weighted by atomic mass is 9.87. The first kappa shape index (κ1) is 15.4. The number of sulfone groups is 1. The van der Waals surface area contributed by atoms with Crippen LogP contribution in [0.5, 0.6) is 0 Å². The van der Waals surface area contributed by atoms with Crippen LogP contribution in [0.2, 0.25) is 0 Å². The third kappa shape index (κ3) is 2.42. The van der Waals surface area contributed by atoms with Gasteiger partial charge in [-0.05, 0) is 47.5 Å². The first-order valence-corrected chi connectivity index (χ1v) is 9.03. The first-order chi connectivity index (χ1) is 10.2. The van der Waals surface area contributed by atoms with Crippen molar-refractivity contribution in [2.75, 3.05) is 0 Å². The van der Waals surface area contributed by atoms with Gasteiger partial charge in [-0.1, -0.05) is 41.9 Å². The average molecular weight is 381 g/mol. The van der Waals surface area contributed by atoms with Crippen LogP contribution in [0.3, 0.4) is 0 Å². The van der Waals surface area contributed by atoms with E-state index in [1.165, 1.54) is 12.1 Å². The van der Waals surface area contributed by atoms with Gasteiger partial charge in [-0.15, -0.1) is 0 Å². The summed E-state index contributed by atoms with van der Waals surface area (Å²) in [6.45, 7) is 3.96. The Balaban J connectivity index is 2.19. The second-order valence-corrected chi connectivity index (χ2v) is 8.71. The summed E-state index contributed by atoms with van der Waals surface area (Å²) in [4.78, 5) is 0.387. The van der Waals surface area contributed by atoms with Gasteiger partial charge in [0.15, 0.2) is 0 Å². The molecule has 0 aliphatic heterocycles. The van der Waals surface area contributed by atoms with Gasteiger partial charge < -0.3 is 0 Å². The highest BCUT2D eigenvalue weighted by atomic mass is 79.9. The Kier molecular flexibility index (Phi) is 3.53. The highest BCUT2D eigenvalue weighted by molar-refractivity contribution is 9.10. The third-order valence-corrected chi connectivity index (χ3v) is 6.15. The maximum Gasteiger partial charge on any atom is 0.206 e. The number of fused-ring (bicyclic) bond motifs is 1. The van der Waals surface area contributed by atoms with E-state index in [-0.39, 0.29) is 15.2 Å². The fraction of sp³-hybridized carbons (Fsp3) is 0.176. The number of allylic oxidation sites excluding steroid dienone is 1. The second kappa shape index (κ2) is 5.03. The molecule has 1 aliphatic carbocycles. The molecule has 0 fully saturated rings. The molecule has 0 radical (unpaired) electrons. The predicted molar refractivity (Wildman–Crippen MR) is 88.7 cm³/mol. The predicted octanol–water partition coefficient (Wildman–Crippen LogP) is 4.69. The lowest BCUT2D eigenvalue weighted by Gasteiger charge is -2.17. The summed E-state index contributed by atoms with van der Waals surface area (Å²) in [5.41, 5.74) is 1.29. The molecule has 0 spiro atoms. The normalized spacial score (nSPS) is 16.3. The SMILES string of the molecule is CC1(C)C=C(S(=O)(=O)c2ccc(F)cc2)c2ccc(Br)cc21. The molecule has 114 valence electrons. The van der Waals surface area contributed by atoms with E-state index in [4.69, 9.17) is 0 Å². The molecule has 3 rings (SSSR count). The second-order valence-electron chi connectivity index (χ2n) is 5.88. The molecule has 22 heavy (non-hydrogen) atoms. The van der Waals surface area contributed by atoms with Gasteiger partial charge in [0, 0.05) is 9.89 Å². The standard InChI is InChI=1S/C17H14BrFO2S/c1-17(2)10-16(14-8-3-11(18)9-15(14)17)22(20,21)13-6-4-12(19)5-7-13/h3-10H,1-2H3. The Morgan fingerprint density at radius 1 is 1.05 bits per heavy atom. The fourth-order valence-corrected chi connectivity index (χ4v) is 4.74. The van der Waals surface area contributed by atoms with Crippen molar-refractivity contribution in [3.63, 3.8) is 0 Å². The molecular formula is C17H14BrFO2S. The van der Waals surface area contributed by atoms with E-state index in [1.807, 2.05) is 26.0 Å². The van der Waals surface area contributed by atoms with E-state index in [2.05, 4.69) is 15.9 Å². The van der Waals surface area contributed by atoms with Crippen molar-refractivity contribution in [1.82, 2.24) is 0 Å². The minimum absolute atomic E-state index is 0.103. The largest absolute Gasteiger partial charge is 0.219 e. The highest BCUT2D eigenvalue weighted by Gasteiger charge is 2.36. The topological polar surface area (TPSA) is 34.1 Å². The zero-order chi connectivity index (χ0) is 16.1. The lowest BCUT2D eigenvalue weighted by Crippen LogP contribution is -2.10. The molecule has 1 aliphatic rings. The minimum Gasteiger partial charge on any atom is -0.219 e. The number of halogens is 2. The van der Waals surface area contributed by atoms with E-state index < -0.39 is 15.7 Å². The van der Waals surface area contributed by atoms with E-state index in [0.717, 1.165) is 22.2 Å². The van der Waals surface area contributed by atoms with Gasteiger partial charge in [-0.3, -0.25) is 0 Å². The number of benzene rings is 2. The zero-order valence-corrected chi connectivity index (χ0v) is 14.5. The van der Waals surface area contributed by atoms with Crippen LogP contribution in [0.1, 0.15) is 25.0 Å². The van der Waals surface area contributed by atoms with Gasteiger partial charge in [0.05, 0.1) is 9.80 Å². The van der Waals surface area contributed by atoms with Crippen LogP contribution >= 0.6 is 15.9 Å². The Labute approximate surface area is 137 Å². The molecule has 0 aromatic heterocycles. The van der Waals surface area contributed by atoms with E-state index in [1.54, 1.807) is 12.1 Å². The maximum atomic E-state index is 13.0. The van der Waals surface area contributed by atoms with Crippen LogP contribution in [0, 0.1) is 5.82 Å². The zero-order valence-electron chi connectivity index (χ0n) is 12.1. The molecular weight excluding hydrogens is 367 g/mol. The van der Waals surface area contributed by atoms with Crippen molar-refractivity contribution in [1.29, 1.82) is 0 Å². The third-order valence-electron chi connectivity index (χ3n) is 3.85. The van der Waals surface area contributed by atoms with Gasteiger partial charge in [0.2, 0.25) is 9.84 Å². The van der Waals surface area contributed by atoms with Crippen molar-refractivity contribution in [2.45, 2.75) is 24.2 Å². The Morgan fingerprint density at radius 2 is 1.68 bits per heavy atom. The summed E-state index contributed by atoms with van der Waals surface area (Å²) >= 11 is 3.43. The smallest absolute Gasteiger partial charge is 0.206 e. The summed E-state index contributed by atoms with van der Waals surface area (Å²) in [6, 6.07) is 10.5. The summed E-state index contributed by atoms with van der Waals surface area (Å²) in [5, 5.41) is 0. The molecule has 0 atom stereocenters. The summed E-state index contributed by atoms with van der Waals surface area (Å²) in [5.74, 6) is -0.455. The van der Waals surface area contributed by atoms with Crippen molar-refractivity contribution in [2.24, 2.45) is 0 Å². The number of hydrogen-bond donors (Lipinski definition) is 0.